The smallest absolute Gasteiger partial charge is 0.269 e. The van der Waals surface area contributed by atoms with E-state index in [2.05, 4.69) is 5.32 Å². The first-order valence-electron chi connectivity index (χ1n) is 6.69. The van der Waals surface area contributed by atoms with Crippen LogP contribution < -0.4 is 5.32 Å². The summed E-state index contributed by atoms with van der Waals surface area (Å²) in [7, 11) is -3.80. The van der Waals surface area contributed by atoms with Crippen molar-refractivity contribution in [2.45, 2.75) is 11.8 Å². The summed E-state index contributed by atoms with van der Waals surface area (Å²) >= 11 is 0. The second-order valence-electron chi connectivity index (χ2n) is 4.85. The molecule has 0 saturated carbocycles. The summed E-state index contributed by atoms with van der Waals surface area (Å²) in [4.78, 5) is 11.6. The highest BCUT2D eigenvalue weighted by molar-refractivity contribution is 7.90. The van der Waals surface area contributed by atoms with Crippen molar-refractivity contribution in [3.63, 3.8) is 0 Å². The van der Waals surface area contributed by atoms with Crippen molar-refractivity contribution in [3.8, 4) is 0 Å². The van der Waals surface area contributed by atoms with Gasteiger partial charge in [0.05, 0.1) is 10.4 Å². The highest BCUT2D eigenvalue weighted by Crippen LogP contribution is 2.28. The lowest BCUT2D eigenvalue weighted by molar-refractivity contribution is -0.114. The number of hydrogen-bond acceptors (Lipinski definition) is 3. The summed E-state index contributed by atoms with van der Waals surface area (Å²) in [5.74, 6) is -0.0927. The number of para-hydroxylation sites is 1. The summed E-state index contributed by atoms with van der Waals surface area (Å²) in [6.45, 7) is 1.34. The van der Waals surface area contributed by atoms with Crippen molar-refractivity contribution in [1.29, 1.82) is 0 Å². The predicted molar refractivity (Wildman–Crippen MR) is 85.3 cm³/mol. The Hall–Kier alpha value is -2.60. The molecule has 22 heavy (non-hydrogen) atoms. The normalized spacial score (nSPS) is 11.5. The number of hydrogen-bond donors (Lipinski definition) is 1. The Morgan fingerprint density at radius 1 is 1.00 bits per heavy atom. The van der Waals surface area contributed by atoms with Crippen molar-refractivity contribution < 1.29 is 13.2 Å². The summed E-state index contributed by atoms with van der Waals surface area (Å²) in [6, 6.07) is 16.9. The molecule has 112 valence electrons. The number of carbonyl (C=O) groups is 1. The molecule has 0 spiro atoms. The van der Waals surface area contributed by atoms with E-state index < -0.39 is 10.0 Å². The molecule has 0 radical (unpaired) electrons. The number of fused-ring (bicyclic) bond motifs is 1. The predicted octanol–water partition coefficient (Wildman–Crippen LogP) is 2.84. The van der Waals surface area contributed by atoms with E-state index in [9.17, 15) is 13.2 Å². The first kappa shape index (κ1) is 14.3. The Balaban J connectivity index is 2.31. The molecule has 2 aromatic carbocycles. The maximum atomic E-state index is 12.9. The first-order valence-corrected chi connectivity index (χ1v) is 8.13. The van der Waals surface area contributed by atoms with Crippen molar-refractivity contribution >= 4 is 32.7 Å². The van der Waals surface area contributed by atoms with Gasteiger partial charge in [0, 0.05) is 12.3 Å². The number of benzene rings is 2. The molecule has 0 unspecified atom stereocenters. The lowest BCUT2D eigenvalue weighted by Crippen LogP contribution is -2.18. The van der Waals surface area contributed by atoms with E-state index in [1.807, 2.05) is 6.07 Å². The van der Waals surface area contributed by atoms with Crippen LogP contribution in [0.25, 0.3) is 10.9 Å². The summed E-state index contributed by atoms with van der Waals surface area (Å²) in [6.07, 6.45) is 0. The van der Waals surface area contributed by atoms with Crippen LogP contribution >= 0.6 is 0 Å². The molecule has 1 heterocycles. The molecular weight excluding hydrogens is 300 g/mol. The maximum absolute atomic E-state index is 12.9. The Labute approximate surface area is 128 Å². The molecule has 1 N–H and O–H groups in total. The zero-order valence-corrected chi connectivity index (χ0v) is 12.7. The van der Waals surface area contributed by atoms with Crippen molar-refractivity contribution in [2.24, 2.45) is 0 Å². The van der Waals surface area contributed by atoms with Crippen LogP contribution in [0.5, 0.6) is 0 Å². The minimum atomic E-state index is -3.80. The summed E-state index contributed by atoms with van der Waals surface area (Å²) in [5.41, 5.74) is 0.523. The van der Waals surface area contributed by atoms with Gasteiger partial charge in [-0.3, -0.25) is 4.79 Å². The van der Waals surface area contributed by atoms with E-state index in [1.165, 1.54) is 23.0 Å². The third-order valence-electron chi connectivity index (χ3n) is 3.25. The Bertz CT molecular complexity index is 944. The largest absolute Gasteiger partial charge is 0.311 e. The number of amides is 1. The highest BCUT2D eigenvalue weighted by Gasteiger charge is 2.23. The maximum Gasteiger partial charge on any atom is 0.269 e. The van der Waals surface area contributed by atoms with Crippen LogP contribution in [-0.2, 0) is 14.8 Å². The average molecular weight is 314 g/mol. The molecule has 0 aliphatic rings. The average Bonchev–Trinajstić information content (AvgIpc) is 2.85. The van der Waals surface area contributed by atoms with Crippen molar-refractivity contribution in [3.05, 3.63) is 60.7 Å². The minimum Gasteiger partial charge on any atom is -0.311 e. The van der Waals surface area contributed by atoms with Crippen molar-refractivity contribution in [2.75, 3.05) is 5.32 Å². The quantitative estimate of drug-likeness (QED) is 0.808. The van der Waals surface area contributed by atoms with Gasteiger partial charge < -0.3 is 5.32 Å². The molecule has 1 aromatic heterocycles. The second kappa shape index (κ2) is 5.31. The monoisotopic (exact) mass is 314 g/mol. The molecule has 3 rings (SSSR count). The molecule has 1 amide bonds. The van der Waals surface area contributed by atoms with Gasteiger partial charge in [0.25, 0.3) is 10.0 Å². The number of rotatable bonds is 3. The molecule has 0 atom stereocenters. The fraction of sp³-hybridized carbons (Fsp3) is 0.0625. The zero-order valence-electron chi connectivity index (χ0n) is 11.9. The fourth-order valence-corrected chi connectivity index (χ4v) is 3.85. The number of carbonyl (C=O) groups excluding carboxylic acids is 1. The van der Waals surface area contributed by atoms with Gasteiger partial charge in [0.1, 0.15) is 5.82 Å². The lowest BCUT2D eigenvalue weighted by atomic mass is 10.2. The van der Waals surface area contributed by atoms with Crippen LogP contribution in [0.1, 0.15) is 6.92 Å². The van der Waals surface area contributed by atoms with E-state index in [1.54, 1.807) is 42.5 Å². The van der Waals surface area contributed by atoms with Gasteiger partial charge in [-0.05, 0) is 24.3 Å². The van der Waals surface area contributed by atoms with Crippen LogP contribution in [0.3, 0.4) is 0 Å². The number of nitrogens with one attached hydrogen (secondary N) is 1. The zero-order chi connectivity index (χ0) is 15.7. The number of anilines is 1. The third-order valence-corrected chi connectivity index (χ3v) is 4.99. The molecule has 0 saturated heterocycles. The molecule has 3 aromatic rings. The Morgan fingerprint density at radius 3 is 2.32 bits per heavy atom. The fourth-order valence-electron chi connectivity index (χ4n) is 2.35. The van der Waals surface area contributed by atoms with Gasteiger partial charge >= 0.3 is 0 Å². The van der Waals surface area contributed by atoms with E-state index in [4.69, 9.17) is 0 Å². The molecule has 6 heteroatoms. The summed E-state index contributed by atoms with van der Waals surface area (Å²) in [5, 5.41) is 3.33. The van der Waals surface area contributed by atoms with Crippen LogP contribution in [0.2, 0.25) is 0 Å². The Morgan fingerprint density at radius 2 is 1.64 bits per heavy atom. The van der Waals surface area contributed by atoms with Gasteiger partial charge in [-0.25, -0.2) is 12.4 Å². The van der Waals surface area contributed by atoms with Gasteiger partial charge in [0.15, 0.2) is 0 Å². The molecule has 0 aliphatic heterocycles. The van der Waals surface area contributed by atoms with Gasteiger partial charge in [-0.1, -0.05) is 36.4 Å². The number of aromatic nitrogens is 1. The van der Waals surface area contributed by atoms with Crippen LogP contribution in [0.15, 0.2) is 65.6 Å². The second-order valence-corrected chi connectivity index (χ2v) is 6.64. The molecular formula is C16H14N2O3S. The number of nitrogens with zero attached hydrogens (tertiary/aromatic N) is 1. The lowest BCUT2D eigenvalue weighted by Gasteiger charge is -2.11. The van der Waals surface area contributed by atoms with Gasteiger partial charge in [-0.15, -0.1) is 0 Å². The van der Waals surface area contributed by atoms with E-state index in [0.717, 1.165) is 5.39 Å². The first-order chi connectivity index (χ1) is 10.5. The minimum absolute atomic E-state index is 0.169. The standard InChI is InChI=1S/C16H14N2O3S/c1-12(19)17-16-11-13-7-5-6-10-15(13)18(16)22(20,21)14-8-3-2-4-9-14/h2-11H,1H3,(H,17,19). The van der Waals surface area contributed by atoms with Crippen LogP contribution in [0.4, 0.5) is 5.82 Å². The topological polar surface area (TPSA) is 68.2 Å². The van der Waals surface area contributed by atoms with Crippen molar-refractivity contribution in [1.82, 2.24) is 3.97 Å². The van der Waals surface area contributed by atoms with Crippen LogP contribution in [-0.4, -0.2) is 18.3 Å². The van der Waals surface area contributed by atoms with Gasteiger partial charge in [0.2, 0.25) is 5.91 Å². The summed E-state index contributed by atoms with van der Waals surface area (Å²) < 4.78 is 27.0. The molecule has 5 nitrogen and oxygen atoms in total. The van der Waals surface area contributed by atoms with E-state index >= 15 is 0 Å². The van der Waals surface area contributed by atoms with Gasteiger partial charge in [-0.2, -0.15) is 0 Å². The molecule has 0 bridgehead atoms. The Kier molecular flexibility index (Phi) is 3.46. The highest BCUT2D eigenvalue weighted by atomic mass is 32.2. The van der Waals surface area contributed by atoms with E-state index in [0.29, 0.717) is 5.52 Å². The van der Waals surface area contributed by atoms with E-state index in [-0.39, 0.29) is 16.6 Å². The SMILES string of the molecule is CC(=O)Nc1cc2ccccc2n1S(=O)(=O)c1ccccc1. The third kappa shape index (κ3) is 2.37. The molecule has 0 fully saturated rings. The molecule has 0 aliphatic carbocycles. The van der Waals surface area contributed by atoms with Crippen LogP contribution in [0, 0.1) is 0 Å².